The molecule has 110 valence electrons. The summed E-state index contributed by atoms with van der Waals surface area (Å²) in [5.74, 6) is -0.322. The fourth-order valence-corrected chi connectivity index (χ4v) is 2.22. The third-order valence-electron chi connectivity index (χ3n) is 3.29. The first-order valence-corrected chi connectivity index (χ1v) is 6.93. The molecule has 0 aliphatic carbocycles. The first-order chi connectivity index (χ1) is 10.0. The first-order valence-electron chi connectivity index (χ1n) is 6.93. The molecule has 4 nitrogen and oxygen atoms in total. The van der Waals surface area contributed by atoms with Crippen molar-refractivity contribution in [1.29, 1.82) is 0 Å². The van der Waals surface area contributed by atoms with Gasteiger partial charge in [-0.05, 0) is 30.2 Å². The second-order valence-corrected chi connectivity index (χ2v) is 5.34. The number of nitrogens with two attached hydrogens (primary N) is 2. The minimum Gasteiger partial charge on any atom is -0.399 e. The summed E-state index contributed by atoms with van der Waals surface area (Å²) >= 11 is 0. The number of benzene rings is 2. The van der Waals surface area contributed by atoms with Crippen molar-refractivity contribution in [2.75, 3.05) is 12.3 Å². The van der Waals surface area contributed by atoms with Crippen molar-refractivity contribution in [1.82, 2.24) is 4.90 Å². The number of primary amides is 1. The molecule has 0 spiro atoms. The Bertz CT molecular complexity index is 543. The zero-order chi connectivity index (χ0) is 15.2. The van der Waals surface area contributed by atoms with Crippen LogP contribution in [0.1, 0.15) is 16.7 Å². The maximum absolute atomic E-state index is 11.3. The highest BCUT2D eigenvalue weighted by atomic mass is 16.1. The van der Waals surface area contributed by atoms with E-state index in [1.807, 2.05) is 29.2 Å². The lowest BCUT2D eigenvalue weighted by Crippen LogP contribution is -2.33. The highest BCUT2D eigenvalue weighted by Crippen LogP contribution is 2.12. The quantitative estimate of drug-likeness (QED) is 0.797. The average Bonchev–Trinajstić information content (AvgIpc) is 2.43. The third kappa shape index (κ3) is 4.93. The second-order valence-electron chi connectivity index (χ2n) is 5.34. The van der Waals surface area contributed by atoms with Gasteiger partial charge in [0.2, 0.25) is 5.91 Å². The van der Waals surface area contributed by atoms with Gasteiger partial charge in [0.1, 0.15) is 0 Å². The molecule has 0 aliphatic heterocycles. The highest BCUT2D eigenvalue weighted by molar-refractivity contribution is 5.75. The minimum atomic E-state index is -0.322. The normalized spacial score (nSPS) is 10.8. The third-order valence-corrected chi connectivity index (χ3v) is 3.29. The molecule has 4 heteroatoms. The molecule has 2 rings (SSSR count). The van der Waals surface area contributed by atoms with E-state index in [9.17, 15) is 4.79 Å². The van der Waals surface area contributed by atoms with Crippen LogP contribution in [0.5, 0.6) is 0 Å². The van der Waals surface area contributed by atoms with E-state index in [1.165, 1.54) is 5.56 Å². The molecule has 0 saturated carbocycles. The lowest BCUT2D eigenvalue weighted by Gasteiger charge is -2.21. The van der Waals surface area contributed by atoms with Gasteiger partial charge >= 0.3 is 0 Å². The molecule has 0 heterocycles. The van der Waals surface area contributed by atoms with Crippen LogP contribution in [0.4, 0.5) is 5.69 Å². The molecule has 0 saturated heterocycles. The van der Waals surface area contributed by atoms with E-state index < -0.39 is 0 Å². The van der Waals surface area contributed by atoms with E-state index in [0.29, 0.717) is 13.1 Å². The minimum absolute atomic E-state index is 0.234. The van der Waals surface area contributed by atoms with Crippen molar-refractivity contribution >= 4 is 11.6 Å². The lowest BCUT2D eigenvalue weighted by molar-refractivity contribution is -0.119. The molecule has 0 atom stereocenters. The zero-order valence-electron chi connectivity index (χ0n) is 12.3. The molecular formula is C17H21N3O. The summed E-state index contributed by atoms with van der Waals surface area (Å²) in [6.07, 6.45) is 0. The predicted octanol–water partition coefficient (Wildman–Crippen LogP) is 2.06. The zero-order valence-corrected chi connectivity index (χ0v) is 12.3. The molecule has 4 N–H and O–H groups in total. The van der Waals surface area contributed by atoms with Gasteiger partial charge in [0.15, 0.2) is 0 Å². The summed E-state index contributed by atoms with van der Waals surface area (Å²) in [7, 11) is 0. The molecule has 21 heavy (non-hydrogen) atoms. The van der Waals surface area contributed by atoms with Gasteiger partial charge in [0.05, 0.1) is 6.54 Å². The fourth-order valence-electron chi connectivity index (χ4n) is 2.22. The van der Waals surface area contributed by atoms with E-state index >= 15 is 0 Å². The van der Waals surface area contributed by atoms with E-state index in [4.69, 9.17) is 11.5 Å². The molecule has 0 fully saturated rings. The van der Waals surface area contributed by atoms with Gasteiger partial charge in [-0.15, -0.1) is 0 Å². The van der Waals surface area contributed by atoms with Crippen molar-refractivity contribution in [3.63, 3.8) is 0 Å². The van der Waals surface area contributed by atoms with Gasteiger partial charge in [0, 0.05) is 18.8 Å². The Balaban J connectivity index is 2.08. The van der Waals surface area contributed by atoms with Crippen LogP contribution in [0, 0.1) is 6.92 Å². The fraction of sp³-hybridized carbons (Fsp3) is 0.235. The van der Waals surface area contributed by atoms with Gasteiger partial charge in [-0.2, -0.15) is 0 Å². The molecule has 2 aromatic carbocycles. The molecule has 0 bridgehead atoms. The van der Waals surface area contributed by atoms with Crippen LogP contribution in [0.3, 0.4) is 0 Å². The first kappa shape index (κ1) is 15.1. The Morgan fingerprint density at radius 2 is 1.43 bits per heavy atom. The van der Waals surface area contributed by atoms with Crippen molar-refractivity contribution < 1.29 is 4.79 Å². The van der Waals surface area contributed by atoms with Gasteiger partial charge in [-0.25, -0.2) is 0 Å². The number of hydrogen-bond acceptors (Lipinski definition) is 3. The van der Waals surface area contributed by atoms with Crippen molar-refractivity contribution in [2.24, 2.45) is 5.73 Å². The number of hydrogen-bond donors (Lipinski definition) is 2. The number of rotatable bonds is 6. The summed E-state index contributed by atoms with van der Waals surface area (Å²) < 4.78 is 0. The smallest absolute Gasteiger partial charge is 0.231 e. The summed E-state index contributed by atoms with van der Waals surface area (Å²) in [4.78, 5) is 13.3. The van der Waals surface area contributed by atoms with E-state index in [0.717, 1.165) is 16.8 Å². The number of anilines is 1. The monoisotopic (exact) mass is 283 g/mol. The van der Waals surface area contributed by atoms with Gasteiger partial charge < -0.3 is 11.5 Å². The number of amides is 1. The Morgan fingerprint density at radius 3 is 1.90 bits per heavy atom. The van der Waals surface area contributed by atoms with Crippen LogP contribution in [0.15, 0.2) is 48.5 Å². The lowest BCUT2D eigenvalue weighted by atomic mass is 10.1. The molecule has 0 aromatic heterocycles. The van der Waals surface area contributed by atoms with Crippen LogP contribution >= 0.6 is 0 Å². The molecule has 0 unspecified atom stereocenters. The molecule has 1 amide bonds. The van der Waals surface area contributed by atoms with Crippen molar-refractivity contribution in [3.8, 4) is 0 Å². The maximum Gasteiger partial charge on any atom is 0.231 e. The molecule has 0 radical (unpaired) electrons. The second kappa shape index (κ2) is 6.90. The summed E-state index contributed by atoms with van der Waals surface area (Å²) in [5, 5.41) is 0. The average molecular weight is 283 g/mol. The van der Waals surface area contributed by atoms with Crippen molar-refractivity contribution in [2.45, 2.75) is 20.0 Å². The van der Waals surface area contributed by atoms with Crippen LogP contribution < -0.4 is 11.5 Å². The number of aryl methyl sites for hydroxylation is 1. The summed E-state index contributed by atoms with van der Waals surface area (Å²) in [6, 6.07) is 16.0. The Morgan fingerprint density at radius 1 is 0.952 bits per heavy atom. The Hall–Kier alpha value is -2.33. The summed E-state index contributed by atoms with van der Waals surface area (Å²) in [5.41, 5.74) is 15.3. The number of nitrogens with zero attached hydrogens (tertiary/aromatic N) is 1. The number of carbonyl (C=O) groups excluding carboxylic acids is 1. The van der Waals surface area contributed by atoms with Gasteiger partial charge in [0.25, 0.3) is 0 Å². The summed E-state index contributed by atoms with van der Waals surface area (Å²) in [6.45, 7) is 3.64. The molecular weight excluding hydrogens is 262 g/mol. The van der Waals surface area contributed by atoms with Crippen LogP contribution in [0.2, 0.25) is 0 Å². The van der Waals surface area contributed by atoms with Crippen LogP contribution in [0.25, 0.3) is 0 Å². The standard InChI is InChI=1S/C17H21N3O/c1-13-2-4-14(5-3-13)10-20(12-17(19)21)11-15-6-8-16(18)9-7-15/h2-9H,10-12,18H2,1H3,(H2,19,21). The van der Waals surface area contributed by atoms with Crippen LogP contribution in [-0.2, 0) is 17.9 Å². The van der Waals surface area contributed by atoms with Crippen LogP contribution in [-0.4, -0.2) is 17.4 Å². The highest BCUT2D eigenvalue weighted by Gasteiger charge is 2.10. The topological polar surface area (TPSA) is 72.3 Å². The van der Waals surface area contributed by atoms with E-state index in [2.05, 4.69) is 31.2 Å². The predicted molar refractivity (Wildman–Crippen MR) is 85.3 cm³/mol. The van der Waals surface area contributed by atoms with Gasteiger partial charge in [-0.3, -0.25) is 9.69 Å². The molecule has 2 aromatic rings. The largest absolute Gasteiger partial charge is 0.399 e. The molecule has 0 aliphatic rings. The Labute approximate surface area is 125 Å². The van der Waals surface area contributed by atoms with E-state index in [1.54, 1.807) is 0 Å². The Kier molecular flexibility index (Phi) is 4.95. The maximum atomic E-state index is 11.3. The van der Waals surface area contributed by atoms with Crippen molar-refractivity contribution in [3.05, 3.63) is 65.2 Å². The number of carbonyl (C=O) groups is 1. The van der Waals surface area contributed by atoms with E-state index in [-0.39, 0.29) is 12.5 Å². The number of nitrogen functional groups attached to an aromatic ring is 1. The van der Waals surface area contributed by atoms with Gasteiger partial charge in [-0.1, -0.05) is 42.0 Å². The SMILES string of the molecule is Cc1ccc(CN(CC(N)=O)Cc2ccc(N)cc2)cc1.